The molecule has 0 unspecified atom stereocenters. The van der Waals surface area contributed by atoms with Crippen LogP contribution in [0.3, 0.4) is 0 Å². The monoisotopic (exact) mass is 246 g/mol. The SMILES string of the molecule is O=C1ON=C2[C@@H]3C[C@H]4C[C@]12C[C@@]1(C3)C(=O)ON=C41. The van der Waals surface area contributed by atoms with Gasteiger partial charge in [0.2, 0.25) is 0 Å². The predicted octanol–water partition coefficient (Wildman–Crippen LogP) is 0.618. The minimum absolute atomic E-state index is 0.175. The summed E-state index contributed by atoms with van der Waals surface area (Å²) < 4.78 is 0. The number of carbonyl (C=O) groups is 2. The molecule has 0 aromatic rings. The zero-order valence-electron chi connectivity index (χ0n) is 9.51. The lowest BCUT2D eigenvalue weighted by Gasteiger charge is -2.55. The van der Waals surface area contributed by atoms with Crippen molar-refractivity contribution in [3.63, 3.8) is 0 Å². The molecule has 0 aromatic heterocycles. The Labute approximate surface area is 102 Å². The fraction of sp³-hybridized carbons (Fsp3) is 0.667. The van der Waals surface area contributed by atoms with Crippen LogP contribution in [0.25, 0.3) is 0 Å². The van der Waals surface area contributed by atoms with Crippen molar-refractivity contribution in [2.24, 2.45) is 33.0 Å². The minimum atomic E-state index is -0.659. The van der Waals surface area contributed by atoms with Gasteiger partial charge in [-0.3, -0.25) is 0 Å². The van der Waals surface area contributed by atoms with E-state index in [1.54, 1.807) is 0 Å². The first-order valence-corrected chi connectivity index (χ1v) is 6.25. The van der Waals surface area contributed by atoms with Crippen LogP contribution >= 0.6 is 0 Å². The summed E-state index contributed by atoms with van der Waals surface area (Å²) in [5, 5.41) is 7.96. The molecule has 2 spiro atoms. The van der Waals surface area contributed by atoms with E-state index in [0.717, 1.165) is 17.8 Å². The fourth-order valence-corrected chi connectivity index (χ4v) is 4.80. The highest BCUT2D eigenvalue weighted by molar-refractivity contribution is 6.21. The van der Waals surface area contributed by atoms with Gasteiger partial charge in [0.1, 0.15) is 10.8 Å². The van der Waals surface area contributed by atoms with Gasteiger partial charge in [0.05, 0.1) is 11.4 Å². The molecule has 0 saturated heterocycles. The highest BCUT2D eigenvalue weighted by Gasteiger charge is 2.74. The molecule has 6 heteroatoms. The summed E-state index contributed by atoms with van der Waals surface area (Å²) in [6.45, 7) is 0. The number of hydrogen-bond acceptors (Lipinski definition) is 6. The van der Waals surface area contributed by atoms with E-state index in [0.29, 0.717) is 19.3 Å². The topological polar surface area (TPSA) is 77.3 Å². The molecule has 6 aliphatic rings. The van der Waals surface area contributed by atoms with E-state index in [4.69, 9.17) is 9.68 Å². The lowest BCUT2D eigenvalue weighted by atomic mass is 9.43. The van der Waals surface area contributed by atoms with Crippen LogP contribution < -0.4 is 0 Å². The van der Waals surface area contributed by atoms with E-state index < -0.39 is 10.8 Å². The van der Waals surface area contributed by atoms with Crippen molar-refractivity contribution in [2.75, 3.05) is 0 Å². The number of hydrogen-bond donors (Lipinski definition) is 0. The van der Waals surface area contributed by atoms with Crippen LogP contribution in [0, 0.1) is 22.7 Å². The van der Waals surface area contributed by atoms with Gasteiger partial charge in [0.15, 0.2) is 0 Å². The molecule has 2 heterocycles. The van der Waals surface area contributed by atoms with Crippen molar-refractivity contribution in [1.29, 1.82) is 0 Å². The first-order chi connectivity index (χ1) is 8.66. The zero-order chi connectivity index (χ0) is 12.1. The van der Waals surface area contributed by atoms with E-state index in [1.165, 1.54) is 0 Å². The molecule has 0 radical (unpaired) electrons. The highest BCUT2D eigenvalue weighted by atomic mass is 16.7. The second kappa shape index (κ2) is 2.37. The third kappa shape index (κ3) is 0.693. The van der Waals surface area contributed by atoms with Gasteiger partial charge in [-0.1, -0.05) is 10.3 Å². The Hall–Kier alpha value is -1.72. The molecule has 18 heavy (non-hydrogen) atoms. The van der Waals surface area contributed by atoms with Crippen molar-refractivity contribution in [3.8, 4) is 0 Å². The van der Waals surface area contributed by atoms with E-state index in [9.17, 15) is 9.59 Å². The molecule has 4 atom stereocenters. The summed E-state index contributed by atoms with van der Waals surface area (Å²) in [5.41, 5.74) is 0.420. The van der Waals surface area contributed by atoms with Crippen LogP contribution in [-0.2, 0) is 19.3 Å². The average molecular weight is 246 g/mol. The molecule has 4 aliphatic carbocycles. The van der Waals surface area contributed by atoms with Crippen molar-refractivity contribution in [3.05, 3.63) is 0 Å². The van der Waals surface area contributed by atoms with Crippen LogP contribution in [0.2, 0.25) is 0 Å². The number of nitrogens with zero attached hydrogens (tertiary/aromatic N) is 2. The van der Waals surface area contributed by atoms with Crippen LogP contribution in [0.1, 0.15) is 25.7 Å². The van der Waals surface area contributed by atoms with E-state index in [-0.39, 0.29) is 23.8 Å². The van der Waals surface area contributed by atoms with Crippen LogP contribution in [0.4, 0.5) is 0 Å². The van der Waals surface area contributed by atoms with Gasteiger partial charge in [-0.05, 0) is 25.7 Å². The van der Waals surface area contributed by atoms with Crippen LogP contribution in [-0.4, -0.2) is 23.4 Å². The molecule has 4 saturated carbocycles. The Bertz CT molecular complexity index is 545. The first-order valence-electron chi connectivity index (χ1n) is 6.25. The molecule has 4 bridgehead atoms. The van der Waals surface area contributed by atoms with Gasteiger partial charge in [0, 0.05) is 11.8 Å². The first kappa shape index (κ1) is 9.24. The molecule has 92 valence electrons. The zero-order valence-corrected chi connectivity index (χ0v) is 9.51. The summed E-state index contributed by atoms with van der Waals surface area (Å²) in [6.07, 6.45) is 2.72. The third-order valence-electron chi connectivity index (χ3n) is 5.35. The molecular weight excluding hydrogens is 236 g/mol. The van der Waals surface area contributed by atoms with Crippen molar-refractivity contribution in [2.45, 2.75) is 25.7 Å². The third-order valence-corrected chi connectivity index (χ3v) is 5.35. The van der Waals surface area contributed by atoms with Gasteiger partial charge in [0.25, 0.3) is 0 Å². The van der Waals surface area contributed by atoms with Crippen molar-refractivity contribution in [1.82, 2.24) is 0 Å². The Morgan fingerprint density at radius 3 is 1.94 bits per heavy atom. The standard InChI is InChI=1S/C12H10N2O4/c15-9-11-2-5-1-6(8(11)14-17-9)3-12(4-11)7(5)13-18-10(12)16/h5-6H,1-4H2/t5-,6+,11-,12-/m1/s1. The van der Waals surface area contributed by atoms with E-state index in [1.807, 2.05) is 0 Å². The van der Waals surface area contributed by atoms with Gasteiger partial charge < -0.3 is 9.68 Å². The summed E-state index contributed by atoms with van der Waals surface area (Å²) in [5.74, 6) is -0.225. The average Bonchev–Trinajstić information content (AvgIpc) is 2.82. The Morgan fingerprint density at radius 1 is 0.944 bits per heavy atom. The Morgan fingerprint density at radius 2 is 1.44 bits per heavy atom. The smallest absolute Gasteiger partial charge is 0.317 e. The molecular formula is C12H10N2O4. The number of oxime groups is 2. The summed E-state index contributed by atoms with van der Waals surface area (Å²) >= 11 is 0. The maximum atomic E-state index is 12.1. The molecule has 2 aliphatic heterocycles. The lowest BCUT2D eigenvalue weighted by Crippen LogP contribution is -2.64. The second-order valence-corrected chi connectivity index (χ2v) is 6.09. The van der Waals surface area contributed by atoms with Crippen molar-refractivity contribution >= 4 is 23.4 Å². The Balaban J connectivity index is 1.78. The molecule has 6 rings (SSSR count). The number of rotatable bonds is 0. The maximum Gasteiger partial charge on any atom is 0.346 e. The molecule has 0 N–H and O–H groups in total. The minimum Gasteiger partial charge on any atom is -0.317 e. The van der Waals surface area contributed by atoms with E-state index >= 15 is 0 Å². The Kier molecular flexibility index (Phi) is 1.22. The van der Waals surface area contributed by atoms with Crippen LogP contribution in [0.5, 0.6) is 0 Å². The van der Waals surface area contributed by atoms with Crippen LogP contribution in [0.15, 0.2) is 10.3 Å². The predicted molar refractivity (Wildman–Crippen MR) is 57.4 cm³/mol. The second-order valence-electron chi connectivity index (χ2n) is 6.09. The summed E-state index contributed by atoms with van der Waals surface area (Å²) in [4.78, 5) is 34.0. The summed E-state index contributed by atoms with van der Waals surface area (Å²) in [7, 11) is 0. The summed E-state index contributed by atoms with van der Waals surface area (Å²) in [6, 6.07) is 0. The van der Waals surface area contributed by atoms with E-state index in [2.05, 4.69) is 10.3 Å². The van der Waals surface area contributed by atoms with Gasteiger partial charge >= 0.3 is 11.9 Å². The number of carbonyl (C=O) groups excluding carboxylic acids is 2. The molecule has 6 nitrogen and oxygen atoms in total. The normalized spacial score (nSPS) is 50.4. The largest absolute Gasteiger partial charge is 0.346 e. The van der Waals surface area contributed by atoms with Gasteiger partial charge in [-0.2, -0.15) is 0 Å². The molecule has 0 aromatic carbocycles. The highest BCUT2D eigenvalue weighted by Crippen LogP contribution is 2.65. The lowest BCUT2D eigenvalue weighted by molar-refractivity contribution is -0.157. The molecule has 4 fully saturated rings. The molecule has 0 amide bonds. The van der Waals surface area contributed by atoms with Crippen molar-refractivity contribution < 1.29 is 19.3 Å². The quantitative estimate of drug-likeness (QED) is 0.587. The van der Waals surface area contributed by atoms with Gasteiger partial charge in [-0.15, -0.1) is 0 Å². The van der Waals surface area contributed by atoms with Gasteiger partial charge in [-0.25, -0.2) is 9.59 Å². The fourth-order valence-electron chi connectivity index (χ4n) is 4.80. The maximum absolute atomic E-state index is 12.1.